The minimum atomic E-state index is -0.616. The zero-order valence-corrected chi connectivity index (χ0v) is 13.1. The summed E-state index contributed by atoms with van der Waals surface area (Å²) in [6, 6.07) is 9.82. The van der Waals surface area contributed by atoms with Crippen LogP contribution in [0.15, 0.2) is 42.6 Å². The SMILES string of the molecule is O=C(ON1C(=O)c2ccccc2C1=O)C1C[C@@H]1c1ccc(Cl)nc1. The molecule has 0 saturated heterocycles. The maximum atomic E-state index is 12.2. The molecule has 2 atom stereocenters. The molecule has 1 aliphatic carbocycles. The lowest BCUT2D eigenvalue weighted by atomic mass is 10.1. The number of fused-ring (bicyclic) bond motifs is 1. The van der Waals surface area contributed by atoms with Crippen LogP contribution in [0.25, 0.3) is 0 Å². The van der Waals surface area contributed by atoms with Crippen molar-refractivity contribution in [2.75, 3.05) is 0 Å². The number of hydrogen-bond donors (Lipinski definition) is 0. The van der Waals surface area contributed by atoms with Crippen LogP contribution >= 0.6 is 11.6 Å². The van der Waals surface area contributed by atoms with E-state index in [0.29, 0.717) is 16.6 Å². The molecule has 2 aromatic rings. The second-order valence-electron chi connectivity index (χ2n) is 5.72. The third-order valence-electron chi connectivity index (χ3n) is 4.21. The van der Waals surface area contributed by atoms with Crippen molar-refractivity contribution in [3.05, 3.63) is 64.4 Å². The average Bonchev–Trinajstić information content (AvgIpc) is 3.36. The molecule has 2 aliphatic rings. The number of rotatable bonds is 3. The molecule has 6 nitrogen and oxygen atoms in total. The van der Waals surface area contributed by atoms with E-state index in [4.69, 9.17) is 16.4 Å². The predicted molar refractivity (Wildman–Crippen MR) is 83.1 cm³/mol. The summed E-state index contributed by atoms with van der Waals surface area (Å²) in [5.41, 5.74) is 1.36. The van der Waals surface area contributed by atoms with Crippen molar-refractivity contribution in [3.63, 3.8) is 0 Å². The van der Waals surface area contributed by atoms with Gasteiger partial charge >= 0.3 is 5.97 Å². The van der Waals surface area contributed by atoms with Crippen LogP contribution in [0.3, 0.4) is 0 Å². The minimum absolute atomic E-state index is 0.0301. The predicted octanol–water partition coefficient (Wildman–Crippen LogP) is 2.59. The number of imide groups is 1. The van der Waals surface area contributed by atoms with E-state index in [1.54, 1.807) is 30.5 Å². The number of aromatic nitrogens is 1. The molecule has 1 aromatic carbocycles. The highest BCUT2D eigenvalue weighted by atomic mass is 35.5. The second kappa shape index (κ2) is 5.42. The first-order chi connectivity index (χ1) is 11.6. The summed E-state index contributed by atoms with van der Waals surface area (Å²) in [6.07, 6.45) is 2.20. The highest BCUT2D eigenvalue weighted by Crippen LogP contribution is 2.48. The molecule has 0 N–H and O–H groups in total. The fraction of sp³-hybridized carbons (Fsp3) is 0.176. The first kappa shape index (κ1) is 14.8. The Hall–Kier alpha value is -2.73. The van der Waals surface area contributed by atoms with E-state index < -0.39 is 23.7 Å². The van der Waals surface area contributed by atoms with E-state index in [1.165, 1.54) is 12.1 Å². The van der Waals surface area contributed by atoms with Gasteiger partial charge in [-0.15, -0.1) is 0 Å². The number of benzene rings is 1. The molecule has 0 radical (unpaired) electrons. The van der Waals surface area contributed by atoms with Gasteiger partial charge in [0.15, 0.2) is 0 Å². The van der Waals surface area contributed by atoms with Gasteiger partial charge in [-0.1, -0.05) is 34.9 Å². The Labute approximate surface area is 142 Å². The van der Waals surface area contributed by atoms with Crippen molar-refractivity contribution in [1.29, 1.82) is 0 Å². The lowest BCUT2D eigenvalue weighted by Crippen LogP contribution is -2.33. The molecule has 7 heteroatoms. The Bertz CT molecular complexity index is 830. The Balaban J connectivity index is 1.46. The van der Waals surface area contributed by atoms with Crippen molar-refractivity contribution in [3.8, 4) is 0 Å². The topological polar surface area (TPSA) is 76.6 Å². The molecule has 0 spiro atoms. The van der Waals surface area contributed by atoms with Gasteiger partial charge in [0.2, 0.25) is 0 Å². The highest BCUT2D eigenvalue weighted by molar-refractivity contribution is 6.29. The third-order valence-corrected chi connectivity index (χ3v) is 4.43. The number of hydrogen-bond acceptors (Lipinski definition) is 5. The van der Waals surface area contributed by atoms with E-state index >= 15 is 0 Å². The molecule has 1 aliphatic heterocycles. The number of halogens is 1. The van der Waals surface area contributed by atoms with Gasteiger partial charge in [-0.3, -0.25) is 9.59 Å². The summed E-state index contributed by atoms with van der Waals surface area (Å²) in [4.78, 5) is 45.6. The minimum Gasteiger partial charge on any atom is -0.329 e. The maximum Gasteiger partial charge on any atom is 0.336 e. The lowest BCUT2D eigenvalue weighted by molar-refractivity contribution is -0.170. The summed E-state index contributed by atoms with van der Waals surface area (Å²) in [5, 5.41) is 0.923. The number of carbonyl (C=O) groups excluding carboxylic acids is 3. The van der Waals surface area contributed by atoms with Crippen LogP contribution in [-0.2, 0) is 9.63 Å². The monoisotopic (exact) mass is 342 g/mol. The summed E-state index contributed by atoms with van der Waals surface area (Å²) in [7, 11) is 0. The van der Waals surface area contributed by atoms with Crippen molar-refractivity contribution in [2.24, 2.45) is 5.92 Å². The van der Waals surface area contributed by atoms with Gasteiger partial charge in [0.1, 0.15) is 5.15 Å². The van der Waals surface area contributed by atoms with Gasteiger partial charge < -0.3 is 4.84 Å². The highest BCUT2D eigenvalue weighted by Gasteiger charge is 2.48. The molecule has 1 aromatic heterocycles. The molecule has 120 valence electrons. The lowest BCUT2D eigenvalue weighted by Gasteiger charge is -2.12. The van der Waals surface area contributed by atoms with E-state index in [-0.39, 0.29) is 17.0 Å². The van der Waals surface area contributed by atoms with E-state index in [1.807, 2.05) is 0 Å². The molecule has 0 bridgehead atoms. The summed E-state index contributed by atoms with van der Waals surface area (Å²) in [6.45, 7) is 0. The van der Waals surface area contributed by atoms with Crippen LogP contribution < -0.4 is 0 Å². The summed E-state index contributed by atoms with van der Waals surface area (Å²) in [5.74, 6) is -2.25. The van der Waals surface area contributed by atoms with Crippen molar-refractivity contribution in [2.45, 2.75) is 12.3 Å². The number of carbonyl (C=O) groups is 3. The maximum absolute atomic E-state index is 12.2. The Morgan fingerprint density at radius 2 is 1.79 bits per heavy atom. The largest absolute Gasteiger partial charge is 0.336 e. The number of hydroxylamine groups is 2. The molecule has 24 heavy (non-hydrogen) atoms. The molecule has 1 saturated carbocycles. The van der Waals surface area contributed by atoms with Gasteiger partial charge in [-0.25, -0.2) is 9.78 Å². The van der Waals surface area contributed by atoms with Crippen LogP contribution in [0.2, 0.25) is 5.15 Å². The number of pyridine rings is 1. The second-order valence-corrected chi connectivity index (χ2v) is 6.11. The standard InChI is InChI=1S/C17H11ClN2O4/c18-14-6-5-9(8-19-14)12-7-13(12)17(23)24-20-15(21)10-3-1-2-4-11(10)16(20)22/h1-6,8,12-13H,7H2/t12-,13?/m1/s1. The summed E-state index contributed by atoms with van der Waals surface area (Å²) < 4.78 is 0. The number of amides is 2. The fourth-order valence-corrected chi connectivity index (χ4v) is 2.95. The van der Waals surface area contributed by atoms with Crippen molar-refractivity contribution < 1.29 is 19.2 Å². The summed E-state index contributed by atoms with van der Waals surface area (Å²) >= 11 is 5.74. The van der Waals surface area contributed by atoms with Crippen molar-refractivity contribution >= 4 is 29.4 Å². The van der Waals surface area contributed by atoms with Crippen LogP contribution in [0.5, 0.6) is 0 Å². The van der Waals surface area contributed by atoms with Gasteiger partial charge in [0.25, 0.3) is 11.8 Å². The normalized spacial score (nSPS) is 21.6. The van der Waals surface area contributed by atoms with E-state index in [9.17, 15) is 14.4 Å². The van der Waals surface area contributed by atoms with Gasteiger partial charge in [0.05, 0.1) is 17.0 Å². The Kier molecular flexibility index (Phi) is 3.35. The molecule has 1 unspecified atom stereocenters. The molecular formula is C17H11ClN2O4. The van der Waals surface area contributed by atoms with Crippen LogP contribution in [-0.4, -0.2) is 27.8 Å². The quantitative estimate of drug-likeness (QED) is 0.633. The molecule has 1 fully saturated rings. The Morgan fingerprint density at radius 3 is 2.38 bits per heavy atom. The average molecular weight is 343 g/mol. The van der Waals surface area contributed by atoms with Gasteiger partial charge in [-0.05, 0) is 36.1 Å². The van der Waals surface area contributed by atoms with Crippen molar-refractivity contribution in [1.82, 2.24) is 10.0 Å². The molecule has 2 heterocycles. The smallest absolute Gasteiger partial charge is 0.329 e. The van der Waals surface area contributed by atoms with Gasteiger partial charge in [0, 0.05) is 6.20 Å². The van der Waals surface area contributed by atoms with Gasteiger partial charge in [-0.2, -0.15) is 0 Å². The zero-order chi connectivity index (χ0) is 16.8. The van der Waals surface area contributed by atoms with E-state index in [2.05, 4.69) is 4.98 Å². The first-order valence-electron chi connectivity index (χ1n) is 7.37. The molecule has 4 rings (SSSR count). The van der Waals surface area contributed by atoms with E-state index in [0.717, 1.165) is 5.56 Å². The first-order valence-corrected chi connectivity index (χ1v) is 7.75. The molecule has 2 amide bonds. The Morgan fingerprint density at radius 1 is 1.12 bits per heavy atom. The number of nitrogens with zero attached hydrogens (tertiary/aromatic N) is 2. The third kappa shape index (κ3) is 2.35. The van der Waals surface area contributed by atoms with Crippen LogP contribution in [0.4, 0.5) is 0 Å². The van der Waals surface area contributed by atoms with Crippen LogP contribution in [0, 0.1) is 5.92 Å². The van der Waals surface area contributed by atoms with Crippen LogP contribution in [0.1, 0.15) is 38.6 Å². The fourth-order valence-electron chi connectivity index (χ4n) is 2.84. The zero-order valence-electron chi connectivity index (χ0n) is 12.3. The molecular weight excluding hydrogens is 332 g/mol.